The molecule has 0 radical (unpaired) electrons. The molecule has 2 aliphatic heterocycles. The molecule has 28 heavy (non-hydrogen) atoms. The summed E-state index contributed by atoms with van der Waals surface area (Å²) in [6.45, 7) is -2.82. The molecule has 162 valence electrons. The van der Waals surface area contributed by atoms with E-state index in [1.54, 1.807) is 0 Å². The summed E-state index contributed by atoms with van der Waals surface area (Å²) in [7, 11) is -5.24. The van der Waals surface area contributed by atoms with Gasteiger partial charge in [0.05, 0.1) is 13.2 Å². The minimum absolute atomic E-state index is 0. The van der Waals surface area contributed by atoms with Crippen molar-refractivity contribution in [2.24, 2.45) is 0 Å². The maximum absolute atomic E-state index is 11.2. The average molecular weight is 462 g/mol. The van der Waals surface area contributed by atoms with Crippen molar-refractivity contribution in [3.05, 3.63) is 0 Å². The molecule has 2 rings (SSSR count). The molecule has 2 saturated heterocycles. The number of hydrogen-bond acceptors (Lipinski definition) is 12. The Morgan fingerprint density at radius 2 is 1.50 bits per heavy atom. The summed E-state index contributed by atoms with van der Waals surface area (Å²) >= 11 is 0. The predicted molar refractivity (Wildman–Crippen MR) is 80.7 cm³/mol. The minimum atomic E-state index is -5.24. The van der Waals surface area contributed by atoms with Gasteiger partial charge in [-0.15, -0.1) is 0 Å². The van der Waals surface area contributed by atoms with Gasteiger partial charge < -0.3 is 61.2 Å². The van der Waals surface area contributed by atoms with E-state index in [0.717, 1.165) is 0 Å². The molecule has 0 aromatic rings. The second kappa shape index (κ2) is 10.8. The molecule has 14 nitrogen and oxygen atoms in total. The van der Waals surface area contributed by atoms with Gasteiger partial charge in [-0.05, 0) is 0 Å². The first kappa shape index (κ1) is 27.4. The first-order valence-electron chi connectivity index (χ1n) is 7.79. The first-order valence-corrected chi connectivity index (χ1v) is 9.32. The fourth-order valence-electron chi connectivity index (χ4n) is 2.90. The molecule has 0 bridgehead atoms. The zero-order valence-corrected chi connectivity index (χ0v) is 18.8. The van der Waals surface area contributed by atoms with Crippen LogP contribution in [-0.2, 0) is 23.3 Å². The summed E-state index contributed by atoms with van der Waals surface area (Å²) in [6.07, 6.45) is -14.1. The van der Waals surface area contributed by atoms with Crippen molar-refractivity contribution in [1.29, 1.82) is 0 Å². The number of ether oxygens (including phenoxy) is 3. The average Bonchev–Trinajstić information content (AvgIpc) is 2.86. The smallest absolute Gasteiger partial charge is 1.00 e. The van der Waals surface area contributed by atoms with Crippen LogP contribution < -0.4 is 51.4 Å². The molecule has 16 heteroatoms. The fourth-order valence-corrected chi connectivity index (χ4v) is 3.49. The summed E-state index contributed by atoms with van der Waals surface area (Å²) in [6, 6.07) is 0. The van der Waals surface area contributed by atoms with E-state index in [2.05, 4.69) is 4.52 Å². The number of aliphatic hydroxyl groups is 7. The summed E-state index contributed by atoms with van der Waals surface area (Å²) in [5.74, 6) is -2.53. The quantitative estimate of drug-likeness (QED) is 0.126. The summed E-state index contributed by atoms with van der Waals surface area (Å²) in [5, 5.41) is 67.8. The molecule has 0 spiro atoms. The Morgan fingerprint density at radius 3 is 1.96 bits per heavy atom. The van der Waals surface area contributed by atoms with Crippen molar-refractivity contribution in [3.63, 3.8) is 0 Å². The van der Waals surface area contributed by atoms with E-state index in [0.29, 0.717) is 0 Å². The molecule has 0 saturated carbocycles. The Balaban J connectivity index is 0.00000392. The van der Waals surface area contributed by atoms with E-state index in [9.17, 15) is 40.3 Å². The van der Waals surface area contributed by atoms with Crippen LogP contribution in [0.1, 0.15) is 1.43 Å². The van der Waals surface area contributed by atoms with Crippen molar-refractivity contribution in [2.75, 3.05) is 19.8 Å². The van der Waals surface area contributed by atoms with Gasteiger partial charge in [0.15, 0.2) is 12.4 Å². The van der Waals surface area contributed by atoms with Crippen molar-refractivity contribution < 1.29 is 122 Å². The molecule has 2 fully saturated rings. The van der Waals surface area contributed by atoms with E-state index in [-0.39, 0.29) is 52.8 Å². The minimum Gasteiger partial charge on any atom is -1.00 e. The standard InChI is InChI=1S/C12H23O14P.K.H/c13-1-4-6(16)8(18)9(19)11(23-4)25-12(3-15)10(26-27(20,21)22)7(17)5(2-14)24-12;;/h4-11,13-19H,1-3H2,(H2,20,21,22);;/q;+1;-1/t4-,5-,6-,7-,8+,9-,10+,11-,12+;;/m1../s1. The van der Waals surface area contributed by atoms with Gasteiger partial charge in [-0.3, -0.25) is 4.52 Å². The number of hydrogen-bond donors (Lipinski definition) is 9. The third-order valence-corrected chi connectivity index (χ3v) is 4.79. The normalized spacial score (nSPS) is 44.3. The molecular formula is C12H24KO14P. The van der Waals surface area contributed by atoms with Crippen LogP contribution in [0.15, 0.2) is 0 Å². The van der Waals surface area contributed by atoms with Crippen molar-refractivity contribution in [3.8, 4) is 0 Å². The van der Waals surface area contributed by atoms with Gasteiger partial charge in [0, 0.05) is 0 Å². The predicted octanol–water partition coefficient (Wildman–Crippen LogP) is -8.16. The molecule has 0 aromatic carbocycles. The van der Waals surface area contributed by atoms with Crippen LogP contribution in [0, 0.1) is 0 Å². The van der Waals surface area contributed by atoms with Gasteiger partial charge in [-0.2, -0.15) is 0 Å². The SMILES string of the molecule is O=P(O)(O)O[C@H]1[C@H](O)[C@@H](CO)O[C@@]1(CO)O[C@H]1O[C@H](CO)[C@@H](O)[C@H](O)[C@H]1O.[H-].[K+]. The molecule has 0 aliphatic carbocycles. The molecule has 9 N–H and O–H groups in total. The van der Waals surface area contributed by atoms with E-state index in [1.165, 1.54) is 0 Å². The van der Waals surface area contributed by atoms with E-state index >= 15 is 0 Å². The number of aliphatic hydroxyl groups excluding tert-OH is 7. The second-order valence-corrected chi connectivity index (χ2v) is 7.32. The van der Waals surface area contributed by atoms with Gasteiger partial charge in [0.1, 0.15) is 43.2 Å². The zero-order chi connectivity index (χ0) is 20.6. The largest absolute Gasteiger partial charge is 1.00 e. The van der Waals surface area contributed by atoms with E-state index < -0.39 is 82.4 Å². The Labute approximate surface area is 202 Å². The number of phosphoric acid groups is 1. The Morgan fingerprint density at radius 1 is 0.929 bits per heavy atom. The van der Waals surface area contributed by atoms with Gasteiger partial charge in [-0.1, -0.05) is 0 Å². The summed E-state index contributed by atoms with van der Waals surface area (Å²) < 4.78 is 31.1. The molecule has 2 aliphatic rings. The van der Waals surface area contributed by atoms with E-state index in [1.807, 2.05) is 0 Å². The van der Waals surface area contributed by atoms with Crippen LogP contribution in [0.5, 0.6) is 0 Å². The molecular weight excluding hydrogens is 438 g/mol. The monoisotopic (exact) mass is 462 g/mol. The third kappa shape index (κ3) is 5.77. The van der Waals surface area contributed by atoms with Crippen molar-refractivity contribution in [2.45, 2.75) is 54.8 Å². The van der Waals surface area contributed by atoms with Crippen LogP contribution in [0.4, 0.5) is 0 Å². The molecule has 0 unspecified atom stereocenters. The topological polar surface area (TPSA) is 236 Å². The van der Waals surface area contributed by atoms with Crippen molar-refractivity contribution >= 4 is 7.82 Å². The van der Waals surface area contributed by atoms with Crippen LogP contribution in [-0.4, -0.2) is 120 Å². The van der Waals surface area contributed by atoms with Gasteiger partial charge in [0.2, 0.25) is 5.79 Å². The first-order chi connectivity index (χ1) is 12.5. The van der Waals surface area contributed by atoms with Crippen LogP contribution in [0.3, 0.4) is 0 Å². The maximum Gasteiger partial charge on any atom is 1.00 e. The van der Waals surface area contributed by atoms with Crippen molar-refractivity contribution in [1.82, 2.24) is 0 Å². The summed E-state index contributed by atoms with van der Waals surface area (Å²) in [4.78, 5) is 18.1. The second-order valence-electron chi connectivity index (χ2n) is 6.13. The maximum atomic E-state index is 11.2. The van der Waals surface area contributed by atoms with Crippen LogP contribution >= 0.6 is 7.82 Å². The van der Waals surface area contributed by atoms with E-state index in [4.69, 9.17) is 24.0 Å². The number of rotatable bonds is 7. The molecule has 9 atom stereocenters. The van der Waals surface area contributed by atoms with Gasteiger partial charge in [-0.25, -0.2) is 4.57 Å². The van der Waals surface area contributed by atoms with Gasteiger partial charge in [0.25, 0.3) is 0 Å². The fraction of sp³-hybridized carbons (Fsp3) is 1.00. The molecule has 2 heterocycles. The summed E-state index contributed by atoms with van der Waals surface area (Å²) in [5.41, 5.74) is 0. The molecule has 0 aromatic heterocycles. The van der Waals surface area contributed by atoms with Crippen LogP contribution in [0.2, 0.25) is 0 Å². The third-order valence-electron chi connectivity index (χ3n) is 4.29. The van der Waals surface area contributed by atoms with Gasteiger partial charge >= 0.3 is 59.2 Å². The van der Waals surface area contributed by atoms with Crippen LogP contribution in [0.25, 0.3) is 0 Å². The zero-order valence-electron chi connectivity index (χ0n) is 15.8. The Hall–Kier alpha value is 1.35. The number of phosphoric ester groups is 1. The Bertz CT molecular complexity index is 553. The Kier molecular flexibility index (Phi) is 10.5. The molecule has 0 amide bonds.